The minimum Gasteiger partial charge on any atom is -0.392 e. The average molecular weight is 283 g/mol. The molecule has 2 nitrogen and oxygen atoms in total. The molecule has 2 aromatic rings. The van der Waals surface area contributed by atoms with Crippen LogP contribution in [0.25, 0.3) is 0 Å². The smallest absolute Gasteiger partial charge is 0.0681 e. The van der Waals surface area contributed by atoms with Crippen LogP contribution in [0, 0.1) is 0 Å². The fraction of sp³-hybridized carbons (Fsp3) is 0.368. The molecular weight excluding hydrogens is 258 g/mol. The minimum atomic E-state index is 0.103. The Morgan fingerprint density at radius 2 is 1.76 bits per heavy atom. The highest BCUT2D eigenvalue weighted by Crippen LogP contribution is 2.20. The fourth-order valence-corrected chi connectivity index (χ4v) is 2.56. The van der Waals surface area contributed by atoms with Gasteiger partial charge in [0.15, 0.2) is 0 Å². The number of unbranched alkanes of at least 4 members (excludes halogenated alkanes) is 1. The largest absolute Gasteiger partial charge is 0.392 e. The van der Waals surface area contributed by atoms with Gasteiger partial charge in [-0.05, 0) is 23.1 Å². The van der Waals surface area contributed by atoms with Crippen molar-refractivity contribution >= 4 is 0 Å². The first-order chi connectivity index (χ1) is 10.3. The van der Waals surface area contributed by atoms with Crippen molar-refractivity contribution in [2.75, 3.05) is 0 Å². The Bertz CT molecular complexity index is 524. The average Bonchev–Trinajstić information content (AvgIpc) is 2.56. The van der Waals surface area contributed by atoms with E-state index in [4.69, 9.17) is 0 Å². The van der Waals surface area contributed by atoms with Gasteiger partial charge in [-0.15, -0.1) is 0 Å². The third kappa shape index (κ3) is 5.00. The zero-order chi connectivity index (χ0) is 14.9. The zero-order valence-corrected chi connectivity index (χ0v) is 12.8. The van der Waals surface area contributed by atoms with Gasteiger partial charge >= 0.3 is 0 Å². The molecule has 0 saturated heterocycles. The Morgan fingerprint density at radius 1 is 1.00 bits per heavy atom. The normalized spacial score (nSPS) is 12.3. The van der Waals surface area contributed by atoms with E-state index in [1.54, 1.807) is 0 Å². The summed E-state index contributed by atoms with van der Waals surface area (Å²) in [5, 5.41) is 12.9. The number of hydrogen-bond acceptors (Lipinski definition) is 2. The second-order valence-electron chi connectivity index (χ2n) is 5.46. The molecule has 0 saturated carbocycles. The third-order valence-electron chi connectivity index (χ3n) is 3.77. The Kier molecular flexibility index (Phi) is 6.45. The summed E-state index contributed by atoms with van der Waals surface area (Å²) >= 11 is 0. The maximum Gasteiger partial charge on any atom is 0.0681 e. The van der Waals surface area contributed by atoms with Gasteiger partial charge in [0.2, 0.25) is 0 Å². The predicted octanol–water partition coefficient (Wildman–Crippen LogP) is 4.20. The molecular formula is C19H25NO. The quantitative estimate of drug-likeness (QED) is 0.761. The van der Waals surface area contributed by atoms with Gasteiger partial charge in [-0.1, -0.05) is 74.4 Å². The van der Waals surface area contributed by atoms with Crippen LogP contribution in [0.2, 0.25) is 0 Å². The van der Waals surface area contributed by atoms with Crippen molar-refractivity contribution in [2.45, 2.75) is 45.4 Å². The molecule has 112 valence electrons. The third-order valence-corrected chi connectivity index (χ3v) is 3.77. The van der Waals surface area contributed by atoms with Gasteiger partial charge in [-0.3, -0.25) is 0 Å². The van der Waals surface area contributed by atoms with Gasteiger partial charge in [-0.25, -0.2) is 0 Å². The second-order valence-corrected chi connectivity index (χ2v) is 5.46. The first kappa shape index (κ1) is 15.7. The van der Waals surface area contributed by atoms with Crippen LogP contribution in [-0.2, 0) is 13.2 Å². The first-order valence-electron chi connectivity index (χ1n) is 7.80. The van der Waals surface area contributed by atoms with E-state index in [1.165, 1.54) is 24.0 Å². The number of hydrogen-bond donors (Lipinski definition) is 2. The zero-order valence-electron chi connectivity index (χ0n) is 12.8. The highest BCUT2D eigenvalue weighted by Gasteiger charge is 2.10. The summed E-state index contributed by atoms with van der Waals surface area (Å²) < 4.78 is 0. The van der Waals surface area contributed by atoms with Gasteiger partial charge < -0.3 is 10.4 Å². The Balaban J connectivity index is 2.01. The number of aliphatic hydroxyl groups is 1. The number of aliphatic hydroxyl groups excluding tert-OH is 1. The molecule has 1 unspecified atom stereocenters. The van der Waals surface area contributed by atoms with E-state index in [1.807, 2.05) is 12.1 Å². The van der Waals surface area contributed by atoms with E-state index < -0.39 is 0 Å². The molecule has 0 spiro atoms. The molecule has 2 heteroatoms. The Labute approximate surface area is 127 Å². The molecule has 0 heterocycles. The molecule has 0 fully saturated rings. The van der Waals surface area contributed by atoms with Crippen LogP contribution >= 0.6 is 0 Å². The van der Waals surface area contributed by atoms with Crippen LogP contribution in [0.5, 0.6) is 0 Å². The van der Waals surface area contributed by atoms with Crippen molar-refractivity contribution in [3.05, 3.63) is 71.3 Å². The van der Waals surface area contributed by atoms with E-state index >= 15 is 0 Å². The molecule has 0 aromatic heterocycles. The maximum absolute atomic E-state index is 9.21. The molecule has 2 rings (SSSR count). The summed E-state index contributed by atoms with van der Waals surface area (Å²) in [6, 6.07) is 19.2. The van der Waals surface area contributed by atoms with Crippen LogP contribution < -0.4 is 5.32 Å². The molecule has 2 N–H and O–H groups in total. The van der Waals surface area contributed by atoms with Crippen molar-refractivity contribution in [1.82, 2.24) is 5.32 Å². The lowest BCUT2D eigenvalue weighted by molar-refractivity contribution is 0.281. The van der Waals surface area contributed by atoms with Crippen LogP contribution in [-0.4, -0.2) is 5.11 Å². The second kappa shape index (κ2) is 8.60. The Hall–Kier alpha value is -1.64. The van der Waals surface area contributed by atoms with Crippen LogP contribution in [0.15, 0.2) is 54.6 Å². The number of rotatable bonds is 8. The van der Waals surface area contributed by atoms with Gasteiger partial charge in [0.25, 0.3) is 0 Å². The molecule has 2 aromatic carbocycles. The molecule has 1 atom stereocenters. The predicted molar refractivity (Wildman–Crippen MR) is 87.9 cm³/mol. The number of benzene rings is 2. The van der Waals surface area contributed by atoms with Crippen molar-refractivity contribution in [2.24, 2.45) is 0 Å². The summed E-state index contributed by atoms with van der Waals surface area (Å²) in [7, 11) is 0. The SMILES string of the molecule is CCCCC(NCc1cccc(CO)c1)c1ccccc1. The minimum absolute atomic E-state index is 0.103. The highest BCUT2D eigenvalue weighted by molar-refractivity contribution is 5.24. The lowest BCUT2D eigenvalue weighted by Crippen LogP contribution is -2.21. The molecule has 0 bridgehead atoms. The highest BCUT2D eigenvalue weighted by atomic mass is 16.3. The summed E-state index contributed by atoms with van der Waals surface area (Å²) in [5.41, 5.74) is 3.54. The standard InChI is InChI=1S/C19H25NO/c1-2-3-12-19(18-10-5-4-6-11-18)20-14-16-8-7-9-17(13-16)15-21/h4-11,13,19-21H,2-3,12,14-15H2,1H3. The summed E-state index contributed by atoms with van der Waals surface area (Å²) in [5.74, 6) is 0. The van der Waals surface area contributed by atoms with Gasteiger partial charge in [0.05, 0.1) is 6.61 Å². The van der Waals surface area contributed by atoms with Crippen LogP contribution in [0.3, 0.4) is 0 Å². The van der Waals surface area contributed by atoms with E-state index in [-0.39, 0.29) is 6.61 Å². The Morgan fingerprint density at radius 3 is 2.48 bits per heavy atom. The number of nitrogens with one attached hydrogen (secondary N) is 1. The summed E-state index contributed by atoms with van der Waals surface area (Å²) in [4.78, 5) is 0. The molecule has 0 aliphatic heterocycles. The van der Waals surface area contributed by atoms with Crippen molar-refractivity contribution < 1.29 is 5.11 Å². The first-order valence-corrected chi connectivity index (χ1v) is 7.80. The maximum atomic E-state index is 9.21. The molecule has 0 aliphatic rings. The topological polar surface area (TPSA) is 32.3 Å². The van der Waals surface area contributed by atoms with E-state index in [2.05, 4.69) is 54.7 Å². The lowest BCUT2D eigenvalue weighted by atomic mass is 10.0. The van der Waals surface area contributed by atoms with Gasteiger partial charge in [0.1, 0.15) is 0 Å². The van der Waals surface area contributed by atoms with Crippen molar-refractivity contribution in [3.63, 3.8) is 0 Å². The van der Waals surface area contributed by atoms with Crippen molar-refractivity contribution in [1.29, 1.82) is 0 Å². The fourth-order valence-electron chi connectivity index (χ4n) is 2.56. The van der Waals surface area contributed by atoms with Crippen LogP contribution in [0.1, 0.15) is 48.9 Å². The van der Waals surface area contributed by atoms with E-state index in [0.29, 0.717) is 6.04 Å². The van der Waals surface area contributed by atoms with Gasteiger partial charge in [-0.2, -0.15) is 0 Å². The van der Waals surface area contributed by atoms with Crippen molar-refractivity contribution in [3.8, 4) is 0 Å². The van der Waals surface area contributed by atoms with Gasteiger partial charge in [0, 0.05) is 12.6 Å². The molecule has 0 aliphatic carbocycles. The lowest BCUT2D eigenvalue weighted by Gasteiger charge is -2.19. The molecule has 21 heavy (non-hydrogen) atoms. The van der Waals surface area contributed by atoms with E-state index in [9.17, 15) is 5.11 Å². The summed E-state index contributed by atoms with van der Waals surface area (Å²) in [6.45, 7) is 3.16. The molecule has 0 amide bonds. The van der Waals surface area contributed by atoms with Crippen LogP contribution in [0.4, 0.5) is 0 Å². The molecule has 0 radical (unpaired) electrons. The monoisotopic (exact) mass is 283 g/mol. The summed E-state index contributed by atoms with van der Waals surface area (Å²) in [6.07, 6.45) is 3.59. The van der Waals surface area contributed by atoms with E-state index in [0.717, 1.165) is 18.5 Å².